The Labute approximate surface area is 127 Å². The summed E-state index contributed by atoms with van der Waals surface area (Å²) in [7, 11) is 0. The Morgan fingerprint density at radius 3 is 2.95 bits per heavy atom. The average Bonchev–Trinajstić information content (AvgIpc) is 2.52. The monoisotopic (exact) mass is 289 g/mol. The lowest BCUT2D eigenvalue weighted by Gasteiger charge is -2.37. The highest BCUT2D eigenvalue weighted by Gasteiger charge is 2.22. The molecular formula is C17H27N3O. The predicted molar refractivity (Wildman–Crippen MR) is 86.7 cm³/mol. The van der Waals surface area contributed by atoms with Crippen LogP contribution in [0, 0.1) is 5.92 Å². The Morgan fingerprint density at radius 1 is 1.43 bits per heavy atom. The van der Waals surface area contributed by atoms with Crippen molar-refractivity contribution in [2.75, 3.05) is 18.0 Å². The molecule has 1 aromatic rings. The van der Waals surface area contributed by atoms with E-state index in [9.17, 15) is 4.79 Å². The largest absolute Gasteiger partial charge is 0.367 e. The van der Waals surface area contributed by atoms with Crippen LogP contribution in [-0.2, 0) is 0 Å². The molecule has 2 heterocycles. The van der Waals surface area contributed by atoms with E-state index in [-0.39, 0.29) is 5.91 Å². The maximum Gasteiger partial charge on any atom is 0.252 e. The Hall–Kier alpha value is -1.58. The van der Waals surface area contributed by atoms with Crippen LogP contribution in [0.2, 0.25) is 0 Å². The third kappa shape index (κ3) is 4.19. The molecule has 116 valence electrons. The molecule has 1 aliphatic rings. The topological polar surface area (TPSA) is 45.2 Å². The van der Waals surface area contributed by atoms with Crippen molar-refractivity contribution in [3.63, 3.8) is 0 Å². The van der Waals surface area contributed by atoms with Crippen LogP contribution in [0.25, 0.3) is 0 Å². The fourth-order valence-electron chi connectivity index (χ4n) is 2.87. The summed E-state index contributed by atoms with van der Waals surface area (Å²) in [4.78, 5) is 18.9. The van der Waals surface area contributed by atoms with E-state index in [1.165, 1.54) is 19.3 Å². The molecule has 1 aromatic heterocycles. The summed E-state index contributed by atoms with van der Waals surface area (Å²) in [5.74, 6) is 0.430. The molecule has 4 nitrogen and oxygen atoms in total. The van der Waals surface area contributed by atoms with Crippen LogP contribution in [0.5, 0.6) is 0 Å². The molecule has 0 aromatic carbocycles. The molecule has 1 saturated heterocycles. The normalized spacial score (nSPS) is 18.9. The standard InChI is InChI=1S/C17H27N3O/c1-4-15-7-5-6-8-20(15)16-9-14(11-18-12-16)17(21)19-10-13(2)3/h9,11-13,15H,4-8,10H2,1-3H3,(H,19,21). The first-order chi connectivity index (χ1) is 10.1. The Kier molecular flexibility index (Phi) is 5.59. The van der Waals surface area contributed by atoms with Gasteiger partial charge < -0.3 is 10.2 Å². The van der Waals surface area contributed by atoms with Crippen LogP contribution >= 0.6 is 0 Å². The molecule has 1 unspecified atom stereocenters. The second-order valence-electron chi connectivity index (χ2n) is 6.29. The van der Waals surface area contributed by atoms with E-state index in [1.54, 1.807) is 6.20 Å². The van der Waals surface area contributed by atoms with Gasteiger partial charge in [-0.05, 0) is 37.7 Å². The van der Waals surface area contributed by atoms with Gasteiger partial charge in [-0.25, -0.2) is 0 Å². The fourth-order valence-corrected chi connectivity index (χ4v) is 2.87. The Balaban J connectivity index is 2.11. The van der Waals surface area contributed by atoms with Gasteiger partial charge in [0.2, 0.25) is 0 Å². The van der Waals surface area contributed by atoms with Crippen molar-refractivity contribution >= 4 is 11.6 Å². The van der Waals surface area contributed by atoms with E-state index in [0.29, 0.717) is 24.1 Å². The van der Waals surface area contributed by atoms with E-state index in [4.69, 9.17) is 0 Å². The summed E-state index contributed by atoms with van der Waals surface area (Å²) in [6.45, 7) is 8.18. The van der Waals surface area contributed by atoms with E-state index < -0.39 is 0 Å². The molecule has 0 aliphatic carbocycles. The molecule has 0 saturated carbocycles. The van der Waals surface area contributed by atoms with E-state index in [2.05, 4.69) is 36.0 Å². The van der Waals surface area contributed by atoms with Gasteiger partial charge in [0.15, 0.2) is 0 Å². The third-order valence-electron chi connectivity index (χ3n) is 4.09. The number of anilines is 1. The molecule has 1 aliphatic heterocycles. The lowest BCUT2D eigenvalue weighted by atomic mass is 9.99. The van der Waals surface area contributed by atoms with Crippen LogP contribution in [-0.4, -0.2) is 30.0 Å². The zero-order chi connectivity index (χ0) is 15.2. The molecular weight excluding hydrogens is 262 g/mol. The summed E-state index contributed by atoms with van der Waals surface area (Å²) in [6, 6.07) is 2.56. The molecule has 0 bridgehead atoms. The average molecular weight is 289 g/mol. The lowest BCUT2D eigenvalue weighted by molar-refractivity contribution is 0.0948. The molecule has 0 spiro atoms. The van der Waals surface area contributed by atoms with Crippen LogP contribution in [0.15, 0.2) is 18.5 Å². The number of hydrogen-bond acceptors (Lipinski definition) is 3. The second-order valence-corrected chi connectivity index (χ2v) is 6.29. The summed E-state index contributed by atoms with van der Waals surface area (Å²) in [5, 5.41) is 2.96. The van der Waals surface area contributed by atoms with Crippen LogP contribution in [0.3, 0.4) is 0 Å². The van der Waals surface area contributed by atoms with Crippen LogP contribution in [0.4, 0.5) is 5.69 Å². The van der Waals surface area contributed by atoms with Gasteiger partial charge in [-0.15, -0.1) is 0 Å². The van der Waals surface area contributed by atoms with Gasteiger partial charge in [-0.2, -0.15) is 0 Å². The molecule has 1 amide bonds. The van der Waals surface area contributed by atoms with Crippen molar-refractivity contribution in [2.45, 2.75) is 52.5 Å². The summed E-state index contributed by atoms with van der Waals surface area (Å²) in [6.07, 6.45) is 8.44. The third-order valence-corrected chi connectivity index (χ3v) is 4.09. The van der Waals surface area contributed by atoms with Crippen molar-refractivity contribution in [1.29, 1.82) is 0 Å². The van der Waals surface area contributed by atoms with Crippen molar-refractivity contribution in [2.24, 2.45) is 5.92 Å². The van der Waals surface area contributed by atoms with E-state index in [0.717, 1.165) is 18.7 Å². The Bertz CT molecular complexity index is 473. The number of aromatic nitrogens is 1. The fraction of sp³-hybridized carbons (Fsp3) is 0.647. The summed E-state index contributed by atoms with van der Waals surface area (Å²) < 4.78 is 0. The molecule has 1 N–H and O–H groups in total. The number of nitrogens with one attached hydrogen (secondary N) is 1. The highest BCUT2D eigenvalue weighted by Crippen LogP contribution is 2.26. The van der Waals surface area contributed by atoms with Crippen molar-refractivity contribution < 1.29 is 4.79 Å². The SMILES string of the molecule is CCC1CCCCN1c1cncc(C(=O)NCC(C)C)c1. The predicted octanol–water partition coefficient (Wildman–Crippen LogP) is 3.24. The van der Waals surface area contributed by atoms with Gasteiger partial charge in [0.1, 0.15) is 0 Å². The number of rotatable bonds is 5. The maximum absolute atomic E-state index is 12.2. The number of pyridine rings is 1. The minimum Gasteiger partial charge on any atom is -0.367 e. The first kappa shape index (κ1) is 15.8. The lowest BCUT2D eigenvalue weighted by Crippen LogP contribution is -2.39. The van der Waals surface area contributed by atoms with Crippen LogP contribution < -0.4 is 10.2 Å². The van der Waals surface area contributed by atoms with Crippen molar-refractivity contribution in [3.05, 3.63) is 24.0 Å². The summed E-state index contributed by atoms with van der Waals surface area (Å²) in [5.41, 5.74) is 1.74. The van der Waals surface area contributed by atoms with Gasteiger partial charge in [0.25, 0.3) is 5.91 Å². The van der Waals surface area contributed by atoms with E-state index in [1.807, 2.05) is 12.3 Å². The quantitative estimate of drug-likeness (QED) is 0.905. The van der Waals surface area contributed by atoms with E-state index >= 15 is 0 Å². The van der Waals surface area contributed by atoms with Gasteiger partial charge in [-0.3, -0.25) is 9.78 Å². The smallest absolute Gasteiger partial charge is 0.252 e. The van der Waals surface area contributed by atoms with Crippen LogP contribution in [0.1, 0.15) is 56.8 Å². The maximum atomic E-state index is 12.2. The minimum atomic E-state index is -0.0249. The summed E-state index contributed by atoms with van der Waals surface area (Å²) >= 11 is 0. The zero-order valence-electron chi connectivity index (χ0n) is 13.4. The molecule has 1 fully saturated rings. The molecule has 4 heteroatoms. The highest BCUT2D eigenvalue weighted by atomic mass is 16.1. The molecule has 1 atom stereocenters. The second kappa shape index (κ2) is 7.43. The first-order valence-electron chi connectivity index (χ1n) is 8.11. The minimum absolute atomic E-state index is 0.0249. The number of hydrogen-bond donors (Lipinski definition) is 1. The number of carbonyl (C=O) groups is 1. The van der Waals surface area contributed by atoms with Gasteiger partial charge in [0.05, 0.1) is 17.4 Å². The number of carbonyl (C=O) groups excluding carboxylic acids is 1. The number of nitrogens with zero attached hydrogens (tertiary/aromatic N) is 2. The Morgan fingerprint density at radius 2 is 2.24 bits per heavy atom. The van der Waals surface area contributed by atoms with Gasteiger partial charge >= 0.3 is 0 Å². The number of amides is 1. The number of piperidine rings is 1. The van der Waals surface area contributed by atoms with Crippen molar-refractivity contribution in [3.8, 4) is 0 Å². The molecule has 2 rings (SSSR count). The van der Waals surface area contributed by atoms with Crippen molar-refractivity contribution in [1.82, 2.24) is 10.3 Å². The molecule has 0 radical (unpaired) electrons. The van der Waals surface area contributed by atoms with Gasteiger partial charge in [-0.1, -0.05) is 20.8 Å². The van der Waals surface area contributed by atoms with Gasteiger partial charge in [0, 0.05) is 25.3 Å². The highest BCUT2D eigenvalue weighted by molar-refractivity contribution is 5.94. The molecule has 21 heavy (non-hydrogen) atoms. The zero-order valence-corrected chi connectivity index (χ0v) is 13.4. The first-order valence-corrected chi connectivity index (χ1v) is 8.11.